The summed E-state index contributed by atoms with van der Waals surface area (Å²) in [5.41, 5.74) is 1.08. The summed E-state index contributed by atoms with van der Waals surface area (Å²) < 4.78 is 35.0. The lowest BCUT2D eigenvalue weighted by atomic mass is 10.0. The van der Waals surface area contributed by atoms with Crippen molar-refractivity contribution in [2.45, 2.75) is 57.1 Å². The van der Waals surface area contributed by atoms with Gasteiger partial charge >= 0.3 is 0 Å². The first-order chi connectivity index (χ1) is 22.3. The summed E-state index contributed by atoms with van der Waals surface area (Å²) in [5, 5.41) is 3.80. The lowest BCUT2D eigenvalue weighted by Crippen LogP contribution is -2.56. The van der Waals surface area contributed by atoms with Crippen LogP contribution in [0.4, 0.5) is 5.69 Å². The Morgan fingerprint density at radius 1 is 0.851 bits per heavy atom. The molecule has 0 aliphatic heterocycles. The van der Waals surface area contributed by atoms with Gasteiger partial charge in [-0.2, -0.15) is 0 Å². The van der Waals surface area contributed by atoms with Gasteiger partial charge in [0, 0.05) is 28.5 Å². The van der Waals surface area contributed by atoms with Crippen LogP contribution in [0, 0.1) is 0 Å². The number of nitrogens with one attached hydrogen (secondary N) is 1. The fraction of sp³-hybridized carbons (Fsp3) is 0.278. The van der Waals surface area contributed by atoms with Gasteiger partial charge in [0.1, 0.15) is 18.3 Å². The number of rotatable bonds is 13. The van der Waals surface area contributed by atoms with E-state index in [1.165, 1.54) is 29.2 Å². The first kappa shape index (κ1) is 35.8. The topological polar surface area (TPSA) is 96.0 Å². The van der Waals surface area contributed by atoms with Crippen LogP contribution in [-0.4, -0.2) is 49.9 Å². The van der Waals surface area contributed by atoms with Gasteiger partial charge < -0.3 is 15.0 Å². The molecule has 248 valence electrons. The van der Waals surface area contributed by atoms with Crippen molar-refractivity contribution in [1.29, 1.82) is 0 Å². The van der Waals surface area contributed by atoms with Crippen molar-refractivity contribution in [1.82, 2.24) is 10.2 Å². The highest BCUT2D eigenvalue weighted by Crippen LogP contribution is 2.28. The summed E-state index contributed by atoms with van der Waals surface area (Å²) >= 11 is 12.6. The quantitative estimate of drug-likeness (QED) is 0.160. The lowest BCUT2D eigenvalue weighted by Gasteiger charge is -2.35. The van der Waals surface area contributed by atoms with Gasteiger partial charge in [0.2, 0.25) is 11.8 Å². The molecule has 2 amide bonds. The Morgan fingerprint density at radius 3 is 2.06 bits per heavy atom. The largest absolute Gasteiger partial charge is 0.494 e. The van der Waals surface area contributed by atoms with Gasteiger partial charge in [0.25, 0.3) is 10.0 Å². The highest BCUT2D eigenvalue weighted by atomic mass is 35.5. The highest BCUT2D eigenvalue weighted by Gasteiger charge is 2.36. The first-order valence-electron chi connectivity index (χ1n) is 15.2. The molecule has 0 spiro atoms. The molecule has 1 atom stereocenters. The molecule has 4 aromatic carbocycles. The Balaban J connectivity index is 1.82. The van der Waals surface area contributed by atoms with Crippen molar-refractivity contribution in [2.24, 2.45) is 0 Å². The molecular formula is C36H39Cl2N3O5S. The van der Waals surface area contributed by atoms with E-state index >= 15 is 0 Å². The van der Waals surface area contributed by atoms with Crippen molar-refractivity contribution < 1.29 is 22.7 Å². The van der Waals surface area contributed by atoms with E-state index in [-0.39, 0.29) is 29.5 Å². The molecular weight excluding hydrogens is 657 g/mol. The third-order valence-electron chi connectivity index (χ3n) is 7.18. The Hall–Kier alpha value is -4.05. The number of carbonyl (C=O) groups is 2. The van der Waals surface area contributed by atoms with E-state index in [1.807, 2.05) is 58.0 Å². The third-order valence-corrected chi connectivity index (χ3v) is 9.59. The van der Waals surface area contributed by atoms with Crippen LogP contribution < -0.4 is 14.4 Å². The molecule has 0 heterocycles. The molecule has 0 radical (unpaired) electrons. The number of halogens is 2. The maximum atomic E-state index is 14.6. The average Bonchev–Trinajstić information content (AvgIpc) is 3.02. The van der Waals surface area contributed by atoms with Crippen molar-refractivity contribution >= 4 is 50.7 Å². The standard InChI is InChI=1S/C36H39Cl2N3O5S/c1-5-46-30-19-17-29(18-20-30)41(47(44,45)31-21-15-28(37)16-22-31)25-34(42)40(24-27-13-9-10-14-32(27)38)33(35(43)39-36(2,3)4)23-26-11-7-6-8-12-26/h6-22,33H,5,23-25H2,1-4H3,(H,39,43)/t33-/m0/s1. The van der Waals surface area contributed by atoms with Gasteiger partial charge in [0.05, 0.1) is 17.2 Å². The van der Waals surface area contributed by atoms with E-state index in [4.69, 9.17) is 27.9 Å². The fourth-order valence-corrected chi connectivity index (χ4v) is 6.69. The number of nitrogens with zero attached hydrogens (tertiary/aromatic N) is 2. The summed E-state index contributed by atoms with van der Waals surface area (Å²) in [6.45, 7) is 7.22. The molecule has 0 fully saturated rings. The first-order valence-corrected chi connectivity index (χ1v) is 17.4. The lowest BCUT2D eigenvalue weighted by molar-refractivity contribution is -0.140. The van der Waals surface area contributed by atoms with Crippen molar-refractivity contribution in [3.05, 3.63) is 124 Å². The number of hydrogen-bond acceptors (Lipinski definition) is 5. The van der Waals surface area contributed by atoms with E-state index < -0.39 is 34.1 Å². The number of carbonyl (C=O) groups excluding carboxylic acids is 2. The number of hydrogen-bond donors (Lipinski definition) is 1. The van der Waals surface area contributed by atoms with Crippen molar-refractivity contribution in [3.63, 3.8) is 0 Å². The van der Waals surface area contributed by atoms with E-state index in [2.05, 4.69) is 5.32 Å². The minimum absolute atomic E-state index is 0.0360. The molecule has 4 rings (SSSR count). The summed E-state index contributed by atoms with van der Waals surface area (Å²) in [5.74, 6) is -0.426. The van der Waals surface area contributed by atoms with Gasteiger partial charge in [-0.3, -0.25) is 13.9 Å². The number of amides is 2. The predicted octanol–water partition coefficient (Wildman–Crippen LogP) is 7.14. The Kier molecular flexibility index (Phi) is 12.0. The molecule has 0 saturated heterocycles. The molecule has 47 heavy (non-hydrogen) atoms. The van der Waals surface area contributed by atoms with Gasteiger partial charge in [-0.25, -0.2) is 8.42 Å². The van der Waals surface area contributed by atoms with Crippen LogP contribution in [0.3, 0.4) is 0 Å². The van der Waals surface area contributed by atoms with E-state index in [1.54, 1.807) is 48.5 Å². The van der Waals surface area contributed by atoms with Crippen LogP contribution in [-0.2, 0) is 32.6 Å². The number of sulfonamides is 1. The molecule has 1 N–H and O–H groups in total. The molecule has 0 saturated carbocycles. The second-order valence-electron chi connectivity index (χ2n) is 12.0. The second-order valence-corrected chi connectivity index (χ2v) is 14.7. The zero-order chi connectivity index (χ0) is 34.2. The van der Waals surface area contributed by atoms with Crippen LogP contribution >= 0.6 is 23.2 Å². The summed E-state index contributed by atoms with van der Waals surface area (Å²) in [6, 6.07) is 27.6. The molecule has 8 nitrogen and oxygen atoms in total. The molecule has 0 aliphatic rings. The van der Waals surface area contributed by atoms with Gasteiger partial charge in [-0.05, 0) is 93.4 Å². The van der Waals surface area contributed by atoms with Gasteiger partial charge in [-0.15, -0.1) is 0 Å². The maximum absolute atomic E-state index is 14.6. The van der Waals surface area contributed by atoms with E-state index in [0.29, 0.717) is 28.0 Å². The normalized spacial score (nSPS) is 12.2. The Bertz CT molecular complexity index is 1760. The summed E-state index contributed by atoms with van der Waals surface area (Å²) in [4.78, 5) is 30.0. The minimum atomic E-state index is -4.28. The predicted molar refractivity (Wildman–Crippen MR) is 187 cm³/mol. The molecule has 0 unspecified atom stereocenters. The molecule has 11 heteroatoms. The van der Waals surface area contributed by atoms with Gasteiger partial charge in [0.15, 0.2) is 0 Å². The van der Waals surface area contributed by atoms with Crippen LogP contribution in [0.5, 0.6) is 5.75 Å². The van der Waals surface area contributed by atoms with Crippen molar-refractivity contribution in [2.75, 3.05) is 17.5 Å². The molecule has 0 aromatic heterocycles. The second kappa shape index (κ2) is 15.7. The number of ether oxygens (including phenoxy) is 1. The number of benzene rings is 4. The van der Waals surface area contributed by atoms with Crippen LogP contribution in [0.2, 0.25) is 10.0 Å². The molecule has 0 aliphatic carbocycles. The van der Waals surface area contributed by atoms with Crippen LogP contribution in [0.1, 0.15) is 38.8 Å². The van der Waals surface area contributed by atoms with Crippen LogP contribution in [0.15, 0.2) is 108 Å². The zero-order valence-corrected chi connectivity index (χ0v) is 29.1. The third kappa shape index (κ3) is 9.73. The van der Waals surface area contributed by atoms with Gasteiger partial charge in [-0.1, -0.05) is 71.7 Å². The number of anilines is 1. The van der Waals surface area contributed by atoms with Crippen LogP contribution in [0.25, 0.3) is 0 Å². The SMILES string of the molecule is CCOc1ccc(N(CC(=O)N(Cc2ccccc2Cl)[C@@H](Cc2ccccc2)C(=O)NC(C)(C)C)S(=O)(=O)c2ccc(Cl)cc2)cc1. The van der Waals surface area contributed by atoms with E-state index in [0.717, 1.165) is 9.87 Å². The Morgan fingerprint density at radius 2 is 1.47 bits per heavy atom. The Labute approximate surface area is 287 Å². The maximum Gasteiger partial charge on any atom is 0.264 e. The minimum Gasteiger partial charge on any atom is -0.494 e. The highest BCUT2D eigenvalue weighted by molar-refractivity contribution is 7.92. The van der Waals surface area contributed by atoms with E-state index in [9.17, 15) is 18.0 Å². The summed E-state index contributed by atoms with van der Waals surface area (Å²) in [6.07, 6.45) is 0.186. The average molecular weight is 697 g/mol. The monoisotopic (exact) mass is 695 g/mol. The molecule has 4 aromatic rings. The summed E-state index contributed by atoms with van der Waals surface area (Å²) in [7, 11) is -4.28. The fourth-order valence-electron chi connectivity index (χ4n) is 4.95. The smallest absolute Gasteiger partial charge is 0.264 e. The van der Waals surface area contributed by atoms with Crippen molar-refractivity contribution in [3.8, 4) is 5.75 Å². The zero-order valence-electron chi connectivity index (χ0n) is 26.8. The molecule has 0 bridgehead atoms.